The van der Waals surface area contributed by atoms with E-state index < -0.39 is 0 Å². The molecule has 0 aromatic heterocycles. The minimum Gasteiger partial charge on any atom is -0.493 e. The molecule has 0 aliphatic heterocycles. The van der Waals surface area contributed by atoms with E-state index in [2.05, 4.69) is 19.2 Å². The third kappa shape index (κ3) is 5.68. The molecule has 2 aromatic rings. The molecular weight excluding hydrogens is 366 g/mol. The van der Waals surface area contributed by atoms with E-state index in [1.54, 1.807) is 27.4 Å². The van der Waals surface area contributed by atoms with Crippen molar-refractivity contribution in [2.45, 2.75) is 26.9 Å². The summed E-state index contributed by atoms with van der Waals surface area (Å²) in [6, 6.07) is 9.54. The molecule has 0 amide bonds. The molecule has 0 fully saturated rings. The Labute approximate surface area is 166 Å². The fourth-order valence-corrected chi connectivity index (χ4v) is 2.86. The van der Waals surface area contributed by atoms with Crippen LogP contribution in [0.25, 0.3) is 0 Å². The van der Waals surface area contributed by atoms with Crippen LogP contribution in [0.15, 0.2) is 30.3 Å². The summed E-state index contributed by atoms with van der Waals surface area (Å²) in [4.78, 5) is 0. The van der Waals surface area contributed by atoms with Crippen molar-refractivity contribution in [3.05, 3.63) is 46.5 Å². The van der Waals surface area contributed by atoms with Gasteiger partial charge in [-0.25, -0.2) is 0 Å². The van der Waals surface area contributed by atoms with Crippen molar-refractivity contribution >= 4 is 11.6 Å². The first-order valence-electron chi connectivity index (χ1n) is 8.89. The fourth-order valence-electron chi connectivity index (χ4n) is 2.64. The molecule has 0 aliphatic carbocycles. The quantitative estimate of drug-likeness (QED) is 0.634. The van der Waals surface area contributed by atoms with Gasteiger partial charge in [0.05, 0.1) is 27.9 Å². The van der Waals surface area contributed by atoms with Gasteiger partial charge in [0.2, 0.25) is 0 Å². The molecule has 2 aromatic carbocycles. The minimum absolute atomic E-state index is 0.432. The monoisotopic (exact) mass is 393 g/mol. The smallest absolute Gasteiger partial charge is 0.165 e. The molecule has 5 nitrogen and oxygen atoms in total. The molecule has 0 saturated carbocycles. The fraction of sp³-hybridized carbons (Fsp3) is 0.429. The largest absolute Gasteiger partial charge is 0.493 e. The molecule has 6 heteroatoms. The van der Waals surface area contributed by atoms with Gasteiger partial charge in [-0.2, -0.15) is 0 Å². The van der Waals surface area contributed by atoms with Crippen molar-refractivity contribution in [1.29, 1.82) is 0 Å². The Morgan fingerprint density at radius 1 is 0.889 bits per heavy atom. The Balaban J connectivity index is 2.11. The Morgan fingerprint density at radius 2 is 1.52 bits per heavy atom. The van der Waals surface area contributed by atoms with Crippen molar-refractivity contribution in [1.82, 2.24) is 5.32 Å². The van der Waals surface area contributed by atoms with Crippen LogP contribution in [0, 0.1) is 5.92 Å². The van der Waals surface area contributed by atoms with Gasteiger partial charge in [-0.05, 0) is 23.6 Å². The van der Waals surface area contributed by atoms with E-state index in [-0.39, 0.29) is 0 Å². The molecule has 0 unspecified atom stereocenters. The Morgan fingerprint density at radius 3 is 2.15 bits per heavy atom. The first kappa shape index (κ1) is 21.2. The van der Waals surface area contributed by atoms with Crippen LogP contribution in [-0.2, 0) is 13.1 Å². The standard InChI is InChI=1S/C21H28ClNO4/c1-14(2)13-27-21-15(7-6-8-18(21)24-3)11-23-12-16-9-19(25-4)20(26-5)10-17(16)22/h6-10,14,23H,11-13H2,1-5H3. The second-order valence-electron chi connectivity index (χ2n) is 6.56. The number of methoxy groups -OCH3 is 3. The molecule has 27 heavy (non-hydrogen) atoms. The molecular formula is C21H28ClNO4. The highest BCUT2D eigenvalue weighted by Gasteiger charge is 2.13. The van der Waals surface area contributed by atoms with Gasteiger partial charge in [-0.3, -0.25) is 0 Å². The second kappa shape index (κ2) is 10.3. The van der Waals surface area contributed by atoms with E-state index in [9.17, 15) is 0 Å². The average molecular weight is 394 g/mol. The van der Waals surface area contributed by atoms with Gasteiger partial charge >= 0.3 is 0 Å². The van der Waals surface area contributed by atoms with E-state index in [0.717, 1.165) is 22.6 Å². The summed E-state index contributed by atoms with van der Waals surface area (Å²) in [5, 5.41) is 4.04. The number of halogens is 1. The van der Waals surface area contributed by atoms with E-state index >= 15 is 0 Å². The summed E-state index contributed by atoms with van der Waals surface area (Å²) >= 11 is 6.36. The highest BCUT2D eigenvalue weighted by atomic mass is 35.5. The van der Waals surface area contributed by atoms with Crippen molar-refractivity contribution in [2.24, 2.45) is 5.92 Å². The third-order valence-electron chi connectivity index (χ3n) is 4.02. The topological polar surface area (TPSA) is 49.0 Å². The van der Waals surface area contributed by atoms with Crippen molar-refractivity contribution in [3.63, 3.8) is 0 Å². The van der Waals surface area contributed by atoms with Gasteiger partial charge in [0, 0.05) is 29.7 Å². The molecule has 0 heterocycles. The zero-order valence-electron chi connectivity index (χ0n) is 16.6. The highest BCUT2D eigenvalue weighted by Crippen LogP contribution is 2.34. The highest BCUT2D eigenvalue weighted by molar-refractivity contribution is 6.31. The number of para-hydroxylation sites is 1. The lowest BCUT2D eigenvalue weighted by Gasteiger charge is -2.17. The summed E-state index contributed by atoms with van der Waals surface area (Å²) in [6.07, 6.45) is 0. The maximum absolute atomic E-state index is 6.36. The Hall–Kier alpha value is -2.11. The number of hydrogen-bond donors (Lipinski definition) is 1. The van der Waals surface area contributed by atoms with Crippen molar-refractivity contribution < 1.29 is 18.9 Å². The maximum Gasteiger partial charge on any atom is 0.165 e. The molecule has 2 rings (SSSR count). The molecule has 0 radical (unpaired) electrons. The van der Waals surface area contributed by atoms with Crippen LogP contribution in [0.3, 0.4) is 0 Å². The predicted octanol–water partition coefficient (Wildman–Crippen LogP) is 4.69. The van der Waals surface area contributed by atoms with Crippen molar-refractivity contribution in [3.8, 4) is 23.0 Å². The normalized spacial score (nSPS) is 10.8. The van der Waals surface area contributed by atoms with E-state index in [1.165, 1.54) is 0 Å². The van der Waals surface area contributed by atoms with Gasteiger partial charge in [0.15, 0.2) is 23.0 Å². The van der Waals surface area contributed by atoms with Gasteiger partial charge in [-0.1, -0.05) is 37.6 Å². The van der Waals surface area contributed by atoms with Gasteiger partial charge in [0.25, 0.3) is 0 Å². The molecule has 0 spiro atoms. The summed E-state index contributed by atoms with van der Waals surface area (Å²) in [5.41, 5.74) is 1.97. The summed E-state index contributed by atoms with van der Waals surface area (Å²) < 4.78 is 22.1. The molecule has 1 N–H and O–H groups in total. The van der Waals surface area contributed by atoms with E-state index in [1.807, 2.05) is 24.3 Å². The van der Waals surface area contributed by atoms with Crippen LogP contribution < -0.4 is 24.3 Å². The maximum atomic E-state index is 6.36. The first-order chi connectivity index (χ1) is 13.0. The predicted molar refractivity (Wildman–Crippen MR) is 108 cm³/mol. The van der Waals surface area contributed by atoms with Crippen LogP contribution in [0.2, 0.25) is 5.02 Å². The minimum atomic E-state index is 0.432. The van der Waals surface area contributed by atoms with Crippen LogP contribution in [0.5, 0.6) is 23.0 Å². The number of benzene rings is 2. The average Bonchev–Trinajstić information content (AvgIpc) is 2.67. The van der Waals surface area contributed by atoms with E-state index in [4.69, 9.17) is 30.5 Å². The summed E-state index contributed by atoms with van der Waals surface area (Å²) in [7, 11) is 4.85. The molecule has 0 bridgehead atoms. The van der Waals surface area contributed by atoms with Gasteiger partial charge < -0.3 is 24.3 Å². The zero-order valence-corrected chi connectivity index (χ0v) is 17.4. The number of ether oxygens (including phenoxy) is 4. The zero-order chi connectivity index (χ0) is 19.8. The number of hydrogen-bond acceptors (Lipinski definition) is 5. The number of rotatable bonds is 10. The molecule has 0 aliphatic rings. The van der Waals surface area contributed by atoms with Gasteiger partial charge in [-0.15, -0.1) is 0 Å². The van der Waals surface area contributed by atoms with Crippen LogP contribution in [0.4, 0.5) is 0 Å². The van der Waals surface area contributed by atoms with Crippen LogP contribution in [-0.4, -0.2) is 27.9 Å². The lowest BCUT2D eigenvalue weighted by atomic mass is 10.1. The van der Waals surface area contributed by atoms with Crippen LogP contribution >= 0.6 is 11.6 Å². The van der Waals surface area contributed by atoms with E-state index in [0.29, 0.717) is 42.1 Å². The molecule has 0 atom stereocenters. The lowest BCUT2D eigenvalue weighted by molar-refractivity contribution is 0.254. The summed E-state index contributed by atoms with van der Waals surface area (Å²) in [6.45, 7) is 6.07. The third-order valence-corrected chi connectivity index (χ3v) is 4.38. The Bertz CT molecular complexity index is 749. The Kier molecular flexibility index (Phi) is 8.07. The second-order valence-corrected chi connectivity index (χ2v) is 6.96. The van der Waals surface area contributed by atoms with Crippen molar-refractivity contribution in [2.75, 3.05) is 27.9 Å². The SMILES string of the molecule is COc1cc(Cl)c(CNCc2cccc(OC)c2OCC(C)C)cc1OC. The lowest BCUT2D eigenvalue weighted by Crippen LogP contribution is -2.15. The van der Waals surface area contributed by atoms with Gasteiger partial charge in [0.1, 0.15) is 0 Å². The molecule has 0 saturated heterocycles. The number of nitrogens with one attached hydrogen (secondary N) is 1. The molecule has 148 valence electrons. The summed E-state index contributed by atoms with van der Waals surface area (Å²) in [5.74, 6) is 3.21. The van der Waals surface area contributed by atoms with Crippen LogP contribution in [0.1, 0.15) is 25.0 Å². The first-order valence-corrected chi connectivity index (χ1v) is 9.27.